The Kier molecular flexibility index (Phi) is 13.0. The number of aliphatic hydroxyl groups is 1. The molecule has 0 saturated heterocycles. The second-order valence-electron chi connectivity index (χ2n) is 7.54. The Hall–Kier alpha value is -1.89. The van der Waals surface area contributed by atoms with Gasteiger partial charge in [0.15, 0.2) is 5.92 Å². The first kappa shape index (κ1) is 25.1. The maximum atomic E-state index is 11.6. The minimum absolute atomic E-state index is 0.445. The van der Waals surface area contributed by atoms with Crippen molar-refractivity contribution in [1.82, 2.24) is 0 Å². The van der Waals surface area contributed by atoms with Crippen LogP contribution in [0, 0.1) is 5.92 Å². The highest BCUT2D eigenvalue weighted by Crippen LogP contribution is 2.20. The minimum atomic E-state index is -1.03. The van der Waals surface area contributed by atoms with Gasteiger partial charge in [0.05, 0.1) is 14.2 Å². The summed E-state index contributed by atoms with van der Waals surface area (Å²) >= 11 is 0. The van der Waals surface area contributed by atoms with Gasteiger partial charge in [-0.25, -0.2) is 4.79 Å². The number of esters is 3. The monoisotopic (exact) mass is 412 g/mol. The highest BCUT2D eigenvalue weighted by molar-refractivity contribution is 5.94. The SMILES string of the molecule is COC(=O)C(CCCCCCCCCCCCCC1=CC(=O)OC1O)C(=O)OC. The normalized spacial score (nSPS) is 15.9. The van der Waals surface area contributed by atoms with Gasteiger partial charge in [0.1, 0.15) is 0 Å². The first-order valence-corrected chi connectivity index (χ1v) is 10.7. The fourth-order valence-corrected chi connectivity index (χ4v) is 3.52. The van der Waals surface area contributed by atoms with Crippen molar-refractivity contribution in [2.45, 2.75) is 89.8 Å². The predicted octanol–water partition coefficient (Wildman–Crippen LogP) is 3.82. The Bertz CT molecular complexity index is 525. The average Bonchev–Trinajstić information content (AvgIpc) is 3.04. The lowest BCUT2D eigenvalue weighted by molar-refractivity contribution is -0.159. The molecule has 7 nitrogen and oxygen atoms in total. The number of hydrogen-bond donors (Lipinski definition) is 1. The van der Waals surface area contributed by atoms with E-state index in [1.165, 1.54) is 58.8 Å². The van der Waals surface area contributed by atoms with E-state index in [1.54, 1.807) is 0 Å². The molecule has 1 N–H and O–H groups in total. The third-order valence-electron chi connectivity index (χ3n) is 5.28. The first-order chi connectivity index (χ1) is 14.0. The fourth-order valence-electron chi connectivity index (χ4n) is 3.52. The zero-order chi connectivity index (χ0) is 21.5. The van der Waals surface area contributed by atoms with Gasteiger partial charge in [0, 0.05) is 11.6 Å². The number of hydrogen-bond acceptors (Lipinski definition) is 7. The topological polar surface area (TPSA) is 99.1 Å². The molecule has 1 heterocycles. The van der Waals surface area contributed by atoms with E-state index in [0.717, 1.165) is 38.5 Å². The van der Waals surface area contributed by atoms with Gasteiger partial charge in [-0.1, -0.05) is 64.2 Å². The van der Waals surface area contributed by atoms with E-state index in [4.69, 9.17) is 0 Å². The van der Waals surface area contributed by atoms with E-state index < -0.39 is 30.1 Å². The van der Waals surface area contributed by atoms with Crippen LogP contribution >= 0.6 is 0 Å². The van der Waals surface area contributed by atoms with Gasteiger partial charge in [0.25, 0.3) is 0 Å². The zero-order valence-electron chi connectivity index (χ0n) is 17.8. The van der Waals surface area contributed by atoms with Crippen LogP contribution in [0.2, 0.25) is 0 Å². The van der Waals surface area contributed by atoms with E-state index in [1.807, 2.05) is 0 Å². The molecule has 1 atom stereocenters. The van der Waals surface area contributed by atoms with Crippen molar-refractivity contribution in [2.24, 2.45) is 5.92 Å². The van der Waals surface area contributed by atoms with Crippen molar-refractivity contribution in [2.75, 3.05) is 14.2 Å². The van der Waals surface area contributed by atoms with E-state index >= 15 is 0 Å². The van der Waals surface area contributed by atoms with Crippen molar-refractivity contribution in [3.8, 4) is 0 Å². The summed E-state index contributed by atoms with van der Waals surface area (Å²) in [5.74, 6) is -2.28. The average molecular weight is 413 g/mol. The molecule has 0 fully saturated rings. The summed E-state index contributed by atoms with van der Waals surface area (Å²) in [6.07, 6.45) is 13.7. The molecule has 1 rings (SSSR count). The van der Waals surface area contributed by atoms with Gasteiger partial charge in [-0.2, -0.15) is 0 Å². The third kappa shape index (κ3) is 10.5. The molecule has 1 aliphatic heterocycles. The summed E-state index contributed by atoms with van der Waals surface area (Å²) in [4.78, 5) is 34.2. The second-order valence-corrected chi connectivity index (χ2v) is 7.54. The number of ether oxygens (including phenoxy) is 3. The third-order valence-corrected chi connectivity index (χ3v) is 5.28. The number of unbranched alkanes of at least 4 members (excludes halogenated alkanes) is 10. The van der Waals surface area contributed by atoms with Crippen LogP contribution in [0.5, 0.6) is 0 Å². The maximum absolute atomic E-state index is 11.6. The molecule has 0 aromatic rings. The molecule has 0 amide bonds. The van der Waals surface area contributed by atoms with Crippen molar-refractivity contribution in [3.05, 3.63) is 11.6 Å². The number of rotatable bonds is 16. The number of aliphatic hydroxyl groups excluding tert-OH is 1. The standard InChI is InChI=1S/C22H36O7/c1-27-21(25)18(22(26)28-2)15-13-11-9-7-5-3-4-6-8-10-12-14-17-16-19(23)29-20(17)24/h16,18,20,24H,3-15H2,1-2H3. The quantitative estimate of drug-likeness (QED) is 0.178. The zero-order valence-corrected chi connectivity index (χ0v) is 17.8. The lowest BCUT2D eigenvalue weighted by Gasteiger charge is -2.11. The fraction of sp³-hybridized carbons (Fsp3) is 0.773. The summed E-state index contributed by atoms with van der Waals surface area (Å²) < 4.78 is 14.0. The van der Waals surface area contributed by atoms with Gasteiger partial charge in [-0.3, -0.25) is 9.59 Å². The predicted molar refractivity (Wildman–Crippen MR) is 108 cm³/mol. The lowest BCUT2D eigenvalue weighted by Crippen LogP contribution is -2.26. The molecule has 0 aliphatic carbocycles. The summed E-state index contributed by atoms with van der Waals surface area (Å²) in [6, 6.07) is 0. The molecule has 29 heavy (non-hydrogen) atoms. The van der Waals surface area contributed by atoms with E-state index in [-0.39, 0.29) is 0 Å². The summed E-state index contributed by atoms with van der Waals surface area (Å²) in [5.41, 5.74) is 0.694. The lowest BCUT2D eigenvalue weighted by atomic mass is 9.99. The van der Waals surface area contributed by atoms with Crippen LogP contribution in [0.4, 0.5) is 0 Å². The van der Waals surface area contributed by atoms with Gasteiger partial charge in [0.2, 0.25) is 6.29 Å². The van der Waals surface area contributed by atoms with Gasteiger partial charge in [-0.15, -0.1) is 0 Å². The molecular weight excluding hydrogens is 376 g/mol. The Morgan fingerprint density at radius 3 is 1.76 bits per heavy atom. The molecule has 0 radical (unpaired) electrons. The van der Waals surface area contributed by atoms with Crippen molar-refractivity contribution < 1.29 is 33.7 Å². The Morgan fingerprint density at radius 2 is 1.34 bits per heavy atom. The molecule has 0 aromatic heterocycles. The number of carbonyl (C=O) groups excluding carboxylic acids is 3. The molecule has 0 bridgehead atoms. The van der Waals surface area contributed by atoms with Crippen LogP contribution in [0.15, 0.2) is 11.6 Å². The van der Waals surface area contributed by atoms with Crippen LogP contribution in [0.1, 0.15) is 83.5 Å². The molecule has 7 heteroatoms. The largest absolute Gasteiger partial charge is 0.468 e. The van der Waals surface area contributed by atoms with Gasteiger partial charge in [-0.05, 0) is 19.3 Å². The number of methoxy groups -OCH3 is 2. The molecule has 0 aromatic carbocycles. The molecule has 0 spiro atoms. The molecule has 166 valence electrons. The van der Waals surface area contributed by atoms with Crippen LogP contribution in [0.3, 0.4) is 0 Å². The highest BCUT2D eigenvalue weighted by Gasteiger charge is 2.27. The maximum Gasteiger partial charge on any atom is 0.333 e. The van der Waals surface area contributed by atoms with Crippen molar-refractivity contribution >= 4 is 17.9 Å². The van der Waals surface area contributed by atoms with E-state index in [0.29, 0.717) is 12.0 Å². The van der Waals surface area contributed by atoms with Crippen LogP contribution in [0.25, 0.3) is 0 Å². The second kappa shape index (κ2) is 15.0. The minimum Gasteiger partial charge on any atom is -0.468 e. The van der Waals surface area contributed by atoms with Crippen LogP contribution in [-0.4, -0.2) is 43.5 Å². The highest BCUT2D eigenvalue weighted by atomic mass is 16.6. The van der Waals surface area contributed by atoms with Crippen molar-refractivity contribution in [3.63, 3.8) is 0 Å². The van der Waals surface area contributed by atoms with E-state index in [9.17, 15) is 19.5 Å². The number of carbonyl (C=O) groups is 3. The molecule has 0 saturated carbocycles. The summed E-state index contributed by atoms with van der Waals surface area (Å²) in [7, 11) is 2.57. The van der Waals surface area contributed by atoms with Gasteiger partial charge < -0.3 is 19.3 Å². The van der Waals surface area contributed by atoms with Crippen LogP contribution in [-0.2, 0) is 28.6 Å². The van der Waals surface area contributed by atoms with Gasteiger partial charge >= 0.3 is 17.9 Å². The molecule has 1 aliphatic rings. The Balaban J connectivity index is 1.91. The van der Waals surface area contributed by atoms with E-state index in [2.05, 4.69) is 14.2 Å². The first-order valence-electron chi connectivity index (χ1n) is 10.7. The number of cyclic esters (lactones) is 1. The summed E-state index contributed by atoms with van der Waals surface area (Å²) in [6.45, 7) is 0. The Labute approximate surface area is 173 Å². The van der Waals surface area contributed by atoms with Crippen LogP contribution < -0.4 is 0 Å². The molecular formula is C22H36O7. The molecule has 1 unspecified atom stereocenters. The van der Waals surface area contributed by atoms with Crippen molar-refractivity contribution in [1.29, 1.82) is 0 Å². The summed E-state index contributed by atoms with van der Waals surface area (Å²) in [5, 5.41) is 9.48. The Morgan fingerprint density at radius 1 is 0.897 bits per heavy atom. The smallest absolute Gasteiger partial charge is 0.333 e.